The Morgan fingerprint density at radius 2 is 1.82 bits per heavy atom. The number of piperazine rings is 1. The standard InChI is InChI=1S/C22H30N4O2/c1-17-6-4-5-9-26(17)22(28)16-24-10-12-25(13-11-24)21(27)14-18-15-23-20-8-3-2-7-19(18)20/h2-3,7-8,15,17,23H,4-6,9-14,16H2,1H3. The van der Waals surface area contributed by atoms with Crippen LogP contribution in [0.5, 0.6) is 0 Å². The van der Waals surface area contributed by atoms with Gasteiger partial charge in [0, 0.05) is 55.9 Å². The molecular formula is C22H30N4O2. The summed E-state index contributed by atoms with van der Waals surface area (Å²) in [5, 5.41) is 1.12. The van der Waals surface area contributed by atoms with Gasteiger partial charge in [-0.15, -0.1) is 0 Å². The molecule has 150 valence electrons. The van der Waals surface area contributed by atoms with Gasteiger partial charge in [-0.1, -0.05) is 18.2 Å². The van der Waals surface area contributed by atoms with Gasteiger partial charge in [0.05, 0.1) is 13.0 Å². The summed E-state index contributed by atoms with van der Waals surface area (Å²) in [5.41, 5.74) is 2.12. The van der Waals surface area contributed by atoms with Crippen LogP contribution in [0.1, 0.15) is 31.7 Å². The Morgan fingerprint density at radius 3 is 2.61 bits per heavy atom. The van der Waals surface area contributed by atoms with Crippen molar-refractivity contribution in [2.75, 3.05) is 39.3 Å². The first-order chi connectivity index (χ1) is 13.6. The van der Waals surface area contributed by atoms with Crippen LogP contribution in [0.25, 0.3) is 10.9 Å². The maximum Gasteiger partial charge on any atom is 0.236 e. The first-order valence-corrected chi connectivity index (χ1v) is 10.5. The summed E-state index contributed by atoms with van der Waals surface area (Å²) in [4.78, 5) is 34.8. The van der Waals surface area contributed by atoms with Gasteiger partial charge in [-0.05, 0) is 37.8 Å². The Balaban J connectivity index is 1.28. The smallest absolute Gasteiger partial charge is 0.236 e. The predicted molar refractivity (Wildman–Crippen MR) is 110 cm³/mol. The summed E-state index contributed by atoms with van der Waals surface area (Å²) in [6.07, 6.45) is 5.82. The number of carbonyl (C=O) groups excluding carboxylic acids is 2. The summed E-state index contributed by atoms with van der Waals surface area (Å²) in [7, 11) is 0. The number of piperidine rings is 1. The summed E-state index contributed by atoms with van der Waals surface area (Å²) in [5.74, 6) is 0.408. The Bertz CT molecular complexity index is 838. The number of hydrogen-bond donors (Lipinski definition) is 1. The van der Waals surface area contributed by atoms with Crippen LogP contribution in [0.3, 0.4) is 0 Å². The molecule has 0 aliphatic carbocycles. The highest BCUT2D eigenvalue weighted by Gasteiger charge is 2.27. The maximum absolute atomic E-state index is 12.7. The molecule has 1 N–H and O–H groups in total. The zero-order valence-electron chi connectivity index (χ0n) is 16.7. The third-order valence-corrected chi connectivity index (χ3v) is 6.22. The highest BCUT2D eigenvalue weighted by molar-refractivity contribution is 5.89. The minimum absolute atomic E-state index is 0.167. The van der Waals surface area contributed by atoms with Gasteiger partial charge in [0.25, 0.3) is 0 Å². The third-order valence-electron chi connectivity index (χ3n) is 6.22. The van der Waals surface area contributed by atoms with Crippen molar-refractivity contribution in [2.45, 2.75) is 38.6 Å². The highest BCUT2D eigenvalue weighted by atomic mass is 16.2. The number of nitrogens with one attached hydrogen (secondary N) is 1. The van der Waals surface area contributed by atoms with Crippen LogP contribution in [-0.4, -0.2) is 76.8 Å². The van der Waals surface area contributed by atoms with E-state index in [1.165, 1.54) is 6.42 Å². The number of carbonyl (C=O) groups is 2. The molecule has 2 fully saturated rings. The summed E-state index contributed by atoms with van der Waals surface area (Å²) in [6, 6.07) is 8.45. The normalized spacial score (nSPS) is 21.2. The Kier molecular flexibility index (Phi) is 5.67. The molecule has 1 aromatic carbocycles. The minimum atomic E-state index is 0.167. The lowest BCUT2D eigenvalue weighted by Gasteiger charge is -2.38. The molecule has 1 aromatic heterocycles. The van der Waals surface area contributed by atoms with Crippen LogP contribution in [0.2, 0.25) is 0 Å². The summed E-state index contributed by atoms with van der Waals surface area (Å²) < 4.78 is 0. The lowest BCUT2D eigenvalue weighted by molar-refractivity contribution is -0.137. The average Bonchev–Trinajstić information content (AvgIpc) is 3.12. The molecule has 2 aliphatic rings. The van der Waals surface area contributed by atoms with Crippen molar-refractivity contribution in [1.29, 1.82) is 0 Å². The summed E-state index contributed by atoms with van der Waals surface area (Å²) in [6.45, 7) is 6.46. The van der Waals surface area contributed by atoms with E-state index in [2.05, 4.69) is 22.9 Å². The molecule has 6 heteroatoms. The molecule has 0 radical (unpaired) electrons. The Hall–Kier alpha value is -2.34. The number of likely N-dealkylation sites (tertiary alicyclic amines) is 1. The van der Waals surface area contributed by atoms with E-state index in [4.69, 9.17) is 0 Å². The van der Waals surface area contributed by atoms with Gasteiger partial charge >= 0.3 is 0 Å². The minimum Gasteiger partial charge on any atom is -0.361 e. The van der Waals surface area contributed by atoms with Crippen molar-refractivity contribution >= 4 is 22.7 Å². The van der Waals surface area contributed by atoms with Gasteiger partial charge in [0.2, 0.25) is 11.8 Å². The number of hydrogen-bond acceptors (Lipinski definition) is 3. The fourth-order valence-corrected chi connectivity index (χ4v) is 4.46. The fraction of sp³-hybridized carbons (Fsp3) is 0.545. The van der Waals surface area contributed by atoms with Gasteiger partial charge in [-0.25, -0.2) is 0 Å². The average molecular weight is 383 g/mol. The van der Waals surface area contributed by atoms with E-state index in [1.54, 1.807) is 0 Å². The van der Waals surface area contributed by atoms with Crippen molar-refractivity contribution in [3.05, 3.63) is 36.0 Å². The second kappa shape index (κ2) is 8.35. The van der Waals surface area contributed by atoms with Gasteiger partial charge < -0.3 is 14.8 Å². The van der Waals surface area contributed by atoms with Crippen molar-refractivity contribution in [1.82, 2.24) is 19.7 Å². The molecule has 4 rings (SSSR count). The number of para-hydroxylation sites is 1. The number of H-pyrrole nitrogens is 1. The highest BCUT2D eigenvalue weighted by Crippen LogP contribution is 2.20. The lowest BCUT2D eigenvalue weighted by atomic mass is 10.0. The number of rotatable bonds is 4. The van der Waals surface area contributed by atoms with Gasteiger partial charge in [0.15, 0.2) is 0 Å². The SMILES string of the molecule is CC1CCCCN1C(=O)CN1CCN(C(=O)Cc2c[nH]c3ccccc23)CC1. The van der Waals surface area contributed by atoms with Crippen LogP contribution < -0.4 is 0 Å². The Morgan fingerprint density at radius 1 is 1.04 bits per heavy atom. The van der Waals surface area contributed by atoms with E-state index in [0.29, 0.717) is 32.1 Å². The van der Waals surface area contributed by atoms with E-state index in [9.17, 15) is 9.59 Å². The molecule has 0 spiro atoms. The monoisotopic (exact) mass is 382 g/mol. The van der Waals surface area contributed by atoms with Gasteiger partial charge in [-0.2, -0.15) is 0 Å². The molecule has 1 unspecified atom stereocenters. The zero-order chi connectivity index (χ0) is 19.5. The molecule has 3 heterocycles. The van der Waals surface area contributed by atoms with Crippen LogP contribution in [0, 0.1) is 0 Å². The second-order valence-corrected chi connectivity index (χ2v) is 8.13. The van der Waals surface area contributed by atoms with Crippen LogP contribution in [0.4, 0.5) is 0 Å². The van der Waals surface area contributed by atoms with E-state index in [1.807, 2.05) is 34.2 Å². The van der Waals surface area contributed by atoms with Gasteiger partial charge in [0.1, 0.15) is 0 Å². The van der Waals surface area contributed by atoms with Gasteiger partial charge in [-0.3, -0.25) is 14.5 Å². The van der Waals surface area contributed by atoms with Crippen molar-refractivity contribution < 1.29 is 9.59 Å². The van der Waals surface area contributed by atoms with Crippen LogP contribution in [0.15, 0.2) is 30.5 Å². The van der Waals surface area contributed by atoms with Crippen molar-refractivity contribution in [2.24, 2.45) is 0 Å². The maximum atomic E-state index is 12.7. The number of benzene rings is 1. The van der Waals surface area contributed by atoms with Crippen LogP contribution in [-0.2, 0) is 16.0 Å². The molecule has 2 aliphatic heterocycles. The van der Waals surface area contributed by atoms with Crippen molar-refractivity contribution in [3.63, 3.8) is 0 Å². The lowest BCUT2D eigenvalue weighted by Crippen LogP contribution is -2.53. The first-order valence-electron chi connectivity index (χ1n) is 10.5. The topological polar surface area (TPSA) is 59.7 Å². The molecule has 2 saturated heterocycles. The quantitative estimate of drug-likeness (QED) is 0.882. The number of aromatic nitrogens is 1. The number of fused-ring (bicyclic) bond motifs is 1. The summed E-state index contributed by atoms with van der Waals surface area (Å²) >= 11 is 0. The van der Waals surface area contributed by atoms with E-state index in [-0.39, 0.29) is 11.8 Å². The molecule has 28 heavy (non-hydrogen) atoms. The Labute approximate surface area is 166 Å². The van der Waals surface area contributed by atoms with E-state index < -0.39 is 0 Å². The van der Waals surface area contributed by atoms with E-state index >= 15 is 0 Å². The third kappa shape index (κ3) is 4.07. The van der Waals surface area contributed by atoms with Crippen LogP contribution >= 0.6 is 0 Å². The molecule has 0 saturated carbocycles. The fourth-order valence-electron chi connectivity index (χ4n) is 4.46. The predicted octanol–water partition coefficient (Wildman–Crippen LogP) is 2.26. The zero-order valence-corrected chi connectivity index (χ0v) is 16.7. The number of nitrogens with zero attached hydrogens (tertiary/aromatic N) is 3. The first kappa shape index (κ1) is 19.0. The number of amides is 2. The molecule has 2 aromatic rings. The second-order valence-electron chi connectivity index (χ2n) is 8.13. The molecule has 1 atom stereocenters. The van der Waals surface area contributed by atoms with Crippen molar-refractivity contribution in [3.8, 4) is 0 Å². The molecule has 6 nitrogen and oxygen atoms in total. The molecule has 0 bridgehead atoms. The molecule has 2 amide bonds. The largest absolute Gasteiger partial charge is 0.361 e. The number of aromatic amines is 1. The van der Waals surface area contributed by atoms with E-state index in [0.717, 1.165) is 48.9 Å². The molecular weight excluding hydrogens is 352 g/mol.